The summed E-state index contributed by atoms with van der Waals surface area (Å²) < 4.78 is 0. The molecule has 2 aromatic rings. The lowest BCUT2D eigenvalue weighted by molar-refractivity contribution is -0.384. The highest BCUT2D eigenvalue weighted by molar-refractivity contribution is 6.21. The molecule has 0 saturated heterocycles. The summed E-state index contributed by atoms with van der Waals surface area (Å²) in [7, 11) is 0. The van der Waals surface area contributed by atoms with Gasteiger partial charge in [-0.15, -0.1) is 0 Å². The maximum atomic E-state index is 12.4. The normalized spacial score (nSPS) is 12.4. The van der Waals surface area contributed by atoms with Gasteiger partial charge in [-0.1, -0.05) is 6.07 Å². The number of phenolic OH excluding ortho intramolecular Hbond substituents is 1. The van der Waals surface area contributed by atoms with Crippen molar-refractivity contribution in [2.75, 3.05) is 19.6 Å². The van der Waals surface area contributed by atoms with E-state index in [9.17, 15) is 34.4 Å². The lowest BCUT2D eigenvalue weighted by atomic mass is 10.1. The van der Waals surface area contributed by atoms with Crippen molar-refractivity contribution >= 4 is 29.3 Å². The first-order valence-electron chi connectivity index (χ1n) is 9.76. The molecule has 0 radical (unpaired) electrons. The number of imide groups is 1. The molecular weight excluding hydrogens is 420 g/mol. The van der Waals surface area contributed by atoms with E-state index in [-0.39, 0.29) is 66.9 Å². The first-order valence-corrected chi connectivity index (χ1v) is 9.76. The molecule has 166 valence electrons. The molecule has 2 aromatic carbocycles. The van der Waals surface area contributed by atoms with E-state index >= 15 is 0 Å². The average molecular weight is 440 g/mol. The van der Waals surface area contributed by atoms with Gasteiger partial charge in [0.2, 0.25) is 5.91 Å². The fourth-order valence-corrected chi connectivity index (χ4v) is 3.21. The monoisotopic (exact) mass is 440 g/mol. The van der Waals surface area contributed by atoms with E-state index in [4.69, 9.17) is 0 Å². The van der Waals surface area contributed by atoms with Crippen LogP contribution in [0.25, 0.3) is 0 Å². The molecule has 0 aliphatic carbocycles. The van der Waals surface area contributed by atoms with Crippen LogP contribution in [0.1, 0.15) is 43.9 Å². The van der Waals surface area contributed by atoms with Crippen LogP contribution in [0.2, 0.25) is 0 Å². The van der Waals surface area contributed by atoms with Crippen LogP contribution in [0, 0.1) is 10.1 Å². The first kappa shape index (κ1) is 22.4. The Kier molecular flexibility index (Phi) is 6.78. The predicted octanol–water partition coefficient (Wildman–Crippen LogP) is 1.22. The summed E-state index contributed by atoms with van der Waals surface area (Å²) in [4.78, 5) is 59.8. The molecule has 0 spiro atoms. The van der Waals surface area contributed by atoms with Gasteiger partial charge in [0.25, 0.3) is 23.4 Å². The summed E-state index contributed by atoms with van der Waals surface area (Å²) >= 11 is 0. The number of rotatable bonds is 9. The van der Waals surface area contributed by atoms with Crippen molar-refractivity contribution in [1.29, 1.82) is 0 Å². The maximum Gasteiger partial charge on any atom is 0.270 e. The van der Waals surface area contributed by atoms with Crippen molar-refractivity contribution in [3.63, 3.8) is 0 Å². The number of hydrogen-bond donors (Lipinski definition) is 3. The van der Waals surface area contributed by atoms with E-state index in [1.54, 1.807) is 12.1 Å². The van der Waals surface area contributed by atoms with Gasteiger partial charge in [0.15, 0.2) is 0 Å². The highest BCUT2D eigenvalue weighted by atomic mass is 16.6. The van der Waals surface area contributed by atoms with Gasteiger partial charge in [0.05, 0.1) is 16.1 Å². The number of nitrogens with zero attached hydrogens (tertiary/aromatic N) is 2. The van der Waals surface area contributed by atoms with Gasteiger partial charge in [-0.3, -0.25) is 34.2 Å². The van der Waals surface area contributed by atoms with Crippen LogP contribution in [-0.2, 0) is 4.79 Å². The Morgan fingerprint density at radius 2 is 1.72 bits per heavy atom. The summed E-state index contributed by atoms with van der Waals surface area (Å²) in [6, 6.07) is 9.36. The summed E-state index contributed by atoms with van der Waals surface area (Å²) in [6.45, 7) is 0.360. The van der Waals surface area contributed by atoms with Crippen molar-refractivity contribution in [2.45, 2.75) is 12.8 Å². The topological polar surface area (TPSA) is 159 Å². The van der Waals surface area contributed by atoms with Crippen LogP contribution < -0.4 is 10.6 Å². The van der Waals surface area contributed by atoms with Crippen LogP contribution in [-0.4, -0.2) is 58.2 Å². The second-order valence-electron chi connectivity index (χ2n) is 7.01. The molecule has 0 unspecified atom stereocenters. The van der Waals surface area contributed by atoms with E-state index in [1.807, 2.05) is 0 Å². The Bertz CT molecular complexity index is 1100. The number of nitrogens with one attached hydrogen (secondary N) is 2. The Morgan fingerprint density at radius 1 is 1.00 bits per heavy atom. The SMILES string of the molecule is O=C(CCCN1C(=O)c2ccc([N+](=O)[O-])cc2C1=O)NCCNC(=O)c1cccc(O)c1. The van der Waals surface area contributed by atoms with Gasteiger partial charge < -0.3 is 15.7 Å². The van der Waals surface area contributed by atoms with Gasteiger partial charge in [-0.2, -0.15) is 0 Å². The van der Waals surface area contributed by atoms with Crippen molar-refractivity contribution in [3.05, 3.63) is 69.3 Å². The Balaban J connectivity index is 1.39. The maximum absolute atomic E-state index is 12.4. The molecular formula is C21H20N4O7. The number of phenols is 1. The quantitative estimate of drug-likeness (QED) is 0.229. The Morgan fingerprint density at radius 3 is 2.44 bits per heavy atom. The lowest BCUT2D eigenvalue weighted by Crippen LogP contribution is -2.35. The molecule has 0 bridgehead atoms. The first-order chi connectivity index (χ1) is 15.3. The summed E-state index contributed by atoms with van der Waals surface area (Å²) in [5.74, 6) is -1.90. The highest BCUT2D eigenvalue weighted by Gasteiger charge is 2.36. The van der Waals surface area contributed by atoms with E-state index in [1.165, 1.54) is 24.3 Å². The van der Waals surface area contributed by atoms with Gasteiger partial charge in [-0.05, 0) is 30.7 Å². The zero-order valence-electron chi connectivity index (χ0n) is 16.9. The zero-order chi connectivity index (χ0) is 23.3. The largest absolute Gasteiger partial charge is 0.508 e. The fraction of sp³-hybridized carbons (Fsp3) is 0.238. The van der Waals surface area contributed by atoms with Crippen LogP contribution in [0.3, 0.4) is 0 Å². The third-order valence-corrected chi connectivity index (χ3v) is 4.79. The van der Waals surface area contributed by atoms with E-state index in [0.29, 0.717) is 5.56 Å². The minimum atomic E-state index is -0.642. The minimum absolute atomic E-state index is 0.00179. The number of hydrogen-bond acceptors (Lipinski definition) is 7. The molecule has 1 aliphatic heterocycles. The van der Waals surface area contributed by atoms with E-state index in [0.717, 1.165) is 11.0 Å². The molecule has 4 amide bonds. The van der Waals surface area contributed by atoms with Crippen LogP contribution in [0.4, 0.5) is 5.69 Å². The molecule has 0 aromatic heterocycles. The van der Waals surface area contributed by atoms with Gasteiger partial charge in [0.1, 0.15) is 5.75 Å². The second-order valence-corrected chi connectivity index (χ2v) is 7.01. The number of aromatic hydroxyl groups is 1. The van der Waals surface area contributed by atoms with E-state index in [2.05, 4.69) is 10.6 Å². The molecule has 32 heavy (non-hydrogen) atoms. The highest BCUT2D eigenvalue weighted by Crippen LogP contribution is 2.27. The number of non-ortho nitro benzene ring substituents is 1. The lowest BCUT2D eigenvalue weighted by Gasteiger charge is -2.13. The summed E-state index contributed by atoms with van der Waals surface area (Å²) in [5, 5.41) is 25.5. The zero-order valence-corrected chi connectivity index (χ0v) is 16.9. The van der Waals surface area contributed by atoms with Gasteiger partial charge >= 0.3 is 0 Å². The minimum Gasteiger partial charge on any atom is -0.508 e. The standard InChI is InChI=1S/C21H20N4O7/c26-15-4-1-3-13(11-15)19(28)23-9-8-22-18(27)5-2-10-24-20(29)16-7-6-14(25(31)32)12-17(16)21(24)30/h1,3-4,6-7,11-12,26H,2,5,8-10H2,(H,22,27)(H,23,28). The second kappa shape index (κ2) is 9.69. The molecule has 0 fully saturated rings. The van der Waals surface area contributed by atoms with Crippen molar-refractivity contribution < 1.29 is 29.2 Å². The Labute approximate surface area is 182 Å². The van der Waals surface area contributed by atoms with Crippen LogP contribution >= 0.6 is 0 Å². The summed E-state index contributed by atoms with van der Waals surface area (Å²) in [6.07, 6.45) is 0.267. The van der Waals surface area contributed by atoms with Gasteiger partial charge in [0, 0.05) is 43.8 Å². The molecule has 11 nitrogen and oxygen atoms in total. The van der Waals surface area contributed by atoms with Crippen LogP contribution in [0.15, 0.2) is 42.5 Å². The summed E-state index contributed by atoms with van der Waals surface area (Å²) in [5.41, 5.74) is 0.105. The molecule has 0 atom stereocenters. The number of amides is 4. The molecule has 11 heteroatoms. The molecule has 1 heterocycles. The van der Waals surface area contributed by atoms with Crippen molar-refractivity contribution in [2.24, 2.45) is 0 Å². The molecule has 0 saturated carbocycles. The van der Waals surface area contributed by atoms with Crippen LogP contribution in [0.5, 0.6) is 5.75 Å². The third-order valence-electron chi connectivity index (χ3n) is 4.79. The number of carbonyl (C=O) groups is 4. The molecule has 3 N–H and O–H groups in total. The van der Waals surface area contributed by atoms with E-state index < -0.39 is 16.7 Å². The number of nitro groups is 1. The Hall–Kier alpha value is -4.28. The van der Waals surface area contributed by atoms with Crippen molar-refractivity contribution in [1.82, 2.24) is 15.5 Å². The van der Waals surface area contributed by atoms with Gasteiger partial charge in [-0.25, -0.2) is 0 Å². The number of nitro benzene ring substituents is 1. The predicted molar refractivity (Wildman–Crippen MR) is 111 cm³/mol. The molecule has 3 rings (SSSR count). The number of fused-ring (bicyclic) bond motifs is 1. The fourth-order valence-electron chi connectivity index (χ4n) is 3.21. The smallest absolute Gasteiger partial charge is 0.270 e. The number of carbonyl (C=O) groups excluding carboxylic acids is 4. The third kappa shape index (κ3) is 5.06. The average Bonchev–Trinajstić information content (AvgIpc) is 3.00. The van der Waals surface area contributed by atoms with Crippen molar-refractivity contribution in [3.8, 4) is 5.75 Å². The molecule has 1 aliphatic rings. The number of benzene rings is 2.